The molecule has 0 aromatic heterocycles. The highest BCUT2D eigenvalue weighted by Crippen LogP contribution is 2.24. The third-order valence-electron chi connectivity index (χ3n) is 2.43. The average molecular weight is 393 g/mol. The van der Waals surface area contributed by atoms with Crippen LogP contribution >= 0.6 is 0 Å². The maximum Gasteiger partial charge on any atom is 0.458 e. The fraction of sp³-hybridized carbons (Fsp3) is 0.357. The van der Waals surface area contributed by atoms with E-state index in [4.69, 9.17) is 0 Å². The normalized spacial score (nSPS) is 11.5. The molecule has 1 rings (SSSR count). The summed E-state index contributed by atoms with van der Waals surface area (Å²) in [7, 11) is 0. The number of hydrogen-bond acceptors (Lipinski definition) is 3. The molecule has 0 fully saturated rings. The monoisotopic (exact) mass is 393 g/mol. The van der Waals surface area contributed by atoms with Crippen molar-refractivity contribution in [3.63, 3.8) is 0 Å². The van der Waals surface area contributed by atoms with Crippen molar-refractivity contribution in [1.82, 2.24) is 0 Å². The number of Topliss-reactive ketones (excluding diaryl/α,β-unsaturated/α-hetero) is 2. The molecule has 0 saturated heterocycles. The Bertz CT molecular complexity index is 656. The SMILES string of the molecule is CC(C)C(=O)Nc1ccc(F)c(F)c1.O=C(C(=O)C(F)(F)F)C(F)(F)F. The number of rotatable bonds is 3. The van der Waals surface area contributed by atoms with Crippen LogP contribution in [0.25, 0.3) is 0 Å². The van der Waals surface area contributed by atoms with E-state index in [-0.39, 0.29) is 17.5 Å². The third kappa shape index (κ3) is 7.57. The van der Waals surface area contributed by atoms with Crippen LogP contribution in [0.1, 0.15) is 13.8 Å². The summed E-state index contributed by atoms with van der Waals surface area (Å²) in [6, 6.07) is 3.25. The third-order valence-corrected chi connectivity index (χ3v) is 2.43. The van der Waals surface area contributed by atoms with Crippen LogP contribution in [0.3, 0.4) is 0 Å². The Kier molecular flexibility index (Phi) is 7.87. The minimum atomic E-state index is -5.77. The number of carbonyl (C=O) groups excluding carboxylic acids is 3. The lowest BCUT2D eigenvalue weighted by molar-refractivity contribution is -0.193. The number of nitrogens with one attached hydrogen (secondary N) is 1. The molecule has 0 bridgehead atoms. The van der Waals surface area contributed by atoms with Crippen LogP contribution in [0.2, 0.25) is 0 Å². The van der Waals surface area contributed by atoms with Gasteiger partial charge >= 0.3 is 23.9 Å². The van der Waals surface area contributed by atoms with Gasteiger partial charge in [-0.3, -0.25) is 14.4 Å². The van der Waals surface area contributed by atoms with Crippen LogP contribution < -0.4 is 5.32 Å². The number of anilines is 1. The number of hydrogen-bond donors (Lipinski definition) is 1. The second-order valence-corrected chi connectivity index (χ2v) is 4.93. The predicted molar refractivity (Wildman–Crippen MR) is 71.9 cm³/mol. The van der Waals surface area contributed by atoms with Gasteiger partial charge in [0.2, 0.25) is 5.91 Å². The Balaban J connectivity index is 0.000000488. The van der Waals surface area contributed by atoms with E-state index in [1.807, 2.05) is 0 Å². The zero-order chi connectivity index (χ0) is 20.9. The molecule has 0 saturated carbocycles. The maximum atomic E-state index is 12.7. The first-order valence-electron chi connectivity index (χ1n) is 6.56. The fourth-order valence-corrected chi connectivity index (χ4v) is 1.12. The van der Waals surface area contributed by atoms with Crippen LogP contribution in [0.15, 0.2) is 18.2 Å². The van der Waals surface area contributed by atoms with Crippen molar-refractivity contribution in [2.75, 3.05) is 5.32 Å². The van der Waals surface area contributed by atoms with Gasteiger partial charge in [-0.1, -0.05) is 13.8 Å². The highest BCUT2D eigenvalue weighted by molar-refractivity contribution is 6.41. The first-order chi connectivity index (χ1) is 11.6. The van der Waals surface area contributed by atoms with E-state index in [1.165, 1.54) is 6.07 Å². The topological polar surface area (TPSA) is 63.2 Å². The van der Waals surface area contributed by atoms with Crippen molar-refractivity contribution in [2.24, 2.45) is 5.92 Å². The molecular formula is C14H11F8NO3. The van der Waals surface area contributed by atoms with Gasteiger partial charge in [-0.25, -0.2) is 8.78 Å². The van der Waals surface area contributed by atoms with Crippen LogP contribution in [-0.2, 0) is 14.4 Å². The molecule has 1 aromatic rings. The molecule has 0 aliphatic heterocycles. The van der Waals surface area contributed by atoms with Gasteiger partial charge in [-0.05, 0) is 12.1 Å². The Morgan fingerprint density at radius 2 is 1.27 bits per heavy atom. The van der Waals surface area contributed by atoms with Gasteiger partial charge in [0.15, 0.2) is 11.6 Å². The molecule has 0 heterocycles. The molecular weight excluding hydrogens is 382 g/mol. The molecule has 0 radical (unpaired) electrons. The number of amides is 1. The Morgan fingerprint density at radius 1 is 0.846 bits per heavy atom. The van der Waals surface area contributed by atoms with Crippen LogP contribution in [-0.4, -0.2) is 29.8 Å². The van der Waals surface area contributed by atoms with Gasteiger partial charge in [0, 0.05) is 17.7 Å². The number of carbonyl (C=O) groups is 3. The van der Waals surface area contributed by atoms with Gasteiger partial charge < -0.3 is 5.32 Å². The summed E-state index contributed by atoms with van der Waals surface area (Å²) in [5, 5.41) is 2.46. The van der Waals surface area contributed by atoms with Gasteiger partial charge in [0.1, 0.15) is 0 Å². The van der Waals surface area contributed by atoms with Crippen molar-refractivity contribution in [1.29, 1.82) is 0 Å². The predicted octanol–water partition coefficient (Wildman–Crippen LogP) is 3.81. The first-order valence-corrected chi connectivity index (χ1v) is 6.56. The number of halogens is 8. The second kappa shape index (κ2) is 8.72. The van der Waals surface area contributed by atoms with E-state index in [2.05, 4.69) is 5.32 Å². The van der Waals surface area contributed by atoms with E-state index in [0.29, 0.717) is 0 Å². The van der Waals surface area contributed by atoms with E-state index >= 15 is 0 Å². The Morgan fingerprint density at radius 3 is 1.58 bits per heavy atom. The van der Waals surface area contributed by atoms with Crippen molar-refractivity contribution in [3.8, 4) is 0 Å². The highest BCUT2D eigenvalue weighted by Gasteiger charge is 2.54. The summed E-state index contributed by atoms with van der Waals surface area (Å²) in [6.07, 6.45) is -11.5. The van der Waals surface area contributed by atoms with Gasteiger partial charge in [0.05, 0.1) is 0 Å². The van der Waals surface area contributed by atoms with Crippen LogP contribution in [0.5, 0.6) is 0 Å². The summed E-state index contributed by atoms with van der Waals surface area (Å²) in [4.78, 5) is 30.4. The molecule has 1 amide bonds. The molecule has 26 heavy (non-hydrogen) atoms. The van der Waals surface area contributed by atoms with Crippen molar-refractivity contribution >= 4 is 23.2 Å². The number of ketones is 2. The lowest BCUT2D eigenvalue weighted by Crippen LogP contribution is -2.39. The van der Waals surface area contributed by atoms with Crippen LogP contribution in [0, 0.1) is 17.6 Å². The second-order valence-electron chi connectivity index (χ2n) is 4.93. The Hall–Kier alpha value is -2.53. The lowest BCUT2D eigenvalue weighted by Gasteiger charge is -2.07. The highest BCUT2D eigenvalue weighted by atomic mass is 19.4. The number of alkyl halides is 6. The smallest absolute Gasteiger partial charge is 0.326 e. The molecule has 0 aliphatic carbocycles. The maximum absolute atomic E-state index is 12.7. The summed E-state index contributed by atoms with van der Waals surface area (Å²) in [6.45, 7) is 3.43. The molecule has 146 valence electrons. The largest absolute Gasteiger partial charge is 0.458 e. The summed E-state index contributed by atoms with van der Waals surface area (Å²) in [5.74, 6) is -9.12. The Labute approximate surface area is 141 Å². The van der Waals surface area contributed by atoms with Gasteiger partial charge in [-0.15, -0.1) is 0 Å². The summed E-state index contributed by atoms with van der Waals surface area (Å²) in [5.41, 5.74) is 0.266. The quantitative estimate of drug-likeness (QED) is 0.628. The standard InChI is InChI=1S/C10H11F2NO.C4F6O2/c1-6(2)10(14)13-7-3-4-8(11)9(12)5-7;5-3(6,7)1(11)2(12)4(8,9)10/h3-6H,1-2H3,(H,13,14);. The zero-order valence-corrected chi connectivity index (χ0v) is 13.1. The first kappa shape index (κ1) is 23.5. The zero-order valence-electron chi connectivity index (χ0n) is 13.1. The molecule has 12 heteroatoms. The van der Waals surface area contributed by atoms with E-state index in [9.17, 15) is 49.5 Å². The molecule has 4 nitrogen and oxygen atoms in total. The molecule has 1 N–H and O–H groups in total. The molecule has 1 aromatic carbocycles. The van der Waals surface area contributed by atoms with Crippen LogP contribution in [0.4, 0.5) is 40.8 Å². The fourth-order valence-electron chi connectivity index (χ4n) is 1.12. The minimum Gasteiger partial charge on any atom is -0.326 e. The van der Waals surface area contributed by atoms with Gasteiger partial charge in [0.25, 0.3) is 0 Å². The van der Waals surface area contributed by atoms with E-state index in [1.54, 1.807) is 13.8 Å². The lowest BCUT2D eigenvalue weighted by atomic mass is 10.2. The molecule has 0 unspecified atom stereocenters. The van der Waals surface area contributed by atoms with Crippen molar-refractivity contribution < 1.29 is 49.5 Å². The number of benzene rings is 1. The summed E-state index contributed by atoms with van der Waals surface area (Å²) < 4.78 is 92.2. The molecule has 0 atom stereocenters. The summed E-state index contributed by atoms with van der Waals surface area (Å²) >= 11 is 0. The van der Waals surface area contributed by atoms with Crippen molar-refractivity contribution in [2.45, 2.75) is 26.2 Å². The molecule has 0 aliphatic rings. The van der Waals surface area contributed by atoms with E-state index in [0.717, 1.165) is 12.1 Å². The average Bonchev–Trinajstić information content (AvgIpc) is 2.48. The van der Waals surface area contributed by atoms with Crippen molar-refractivity contribution in [3.05, 3.63) is 29.8 Å². The molecule has 0 spiro atoms. The van der Waals surface area contributed by atoms with E-state index < -0.39 is 35.6 Å². The minimum absolute atomic E-state index is 0.192. The van der Waals surface area contributed by atoms with Gasteiger partial charge in [-0.2, -0.15) is 26.3 Å².